The minimum atomic E-state index is -0.589. The average molecular weight is 482 g/mol. The smallest absolute Gasteiger partial charge is 0.295 e. The molecule has 0 saturated heterocycles. The van der Waals surface area contributed by atoms with Gasteiger partial charge < -0.3 is 9.15 Å². The number of carbonyl (C=O) groups is 1. The van der Waals surface area contributed by atoms with Gasteiger partial charge in [0.05, 0.1) is 23.6 Å². The minimum absolute atomic E-state index is 0.109. The third-order valence-corrected chi connectivity index (χ3v) is 7.01. The van der Waals surface area contributed by atoms with Gasteiger partial charge in [0.2, 0.25) is 5.76 Å². The van der Waals surface area contributed by atoms with Gasteiger partial charge in [-0.1, -0.05) is 56.5 Å². The Morgan fingerprint density at radius 3 is 2.42 bits per heavy atom. The fourth-order valence-corrected chi connectivity index (χ4v) is 4.84. The highest BCUT2D eigenvalue weighted by atomic mass is 16.5. The van der Waals surface area contributed by atoms with Crippen molar-refractivity contribution in [3.8, 4) is 5.75 Å². The number of carbonyl (C=O) groups excluding carboxylic acids is 1. The maximum absolute atomic E-state index is 13.7. The lowest BCUT2D eigenvalue weighted by atomic mass is 9.98. The topological polar surface area (TPSA) is 59.8 Å². The predicted molar refractivity (Wildman–Crippen MR) is 143 cm³/mol. The molecule has 0 saturated carbocycles. The van der Waals surface area contributed by atoms with Crippen molar-refractivity contribution in [2.75, 3.05) is 11.5 Å². The molecule has 1 aliphatic rings. The van der Waals surface area contributed by atoms with Crippen LogP contribution >= 0.6 is 0 Å². The van der Waals surface area contributed by atoms with Gasteiger partial charge in [-0.2, -0.15) is 0 Å². The Labute approximate surface area is 211 Å². The zero-order valence-corrected chi connectivity index (χ0v) is 21.0. The summed E-state index contributed by atoms with van der Waals surface area (Å²) in [6, 6.07) is 20.1. The van der Waals surface area contributed by atoms with E-state index < -0.39 is 6.04 Å². The fraction of sp³-hybridized carbons (Fsp3) is 0.290. The maximum Gasteiger partial charge on any atom is 0.295 e. The van der Waals surface area contributed by atoms with E-state index in [4.69, 9.17) is 9.15 Å². The Hall–Kier alpha value is -3.86. The molecule has 1 unspecified atom stereocenters. The number of benzene rings is 3. The number of aryl methyl sites for hydroxylation is 2. The molecule has 0 radical (unpaired) electrons. The Morgan fingerprint density at radius 1 is 0.889 bits per heavy atom. The molecule has 5 heteroatoms. The Bertz CT molecular complexity index is 1470. The van der Waals surface area contributed by atoms with Crippen molar-refractivity contribution in [2.24, 2.45) is 0 Å². The Morgan fingerprint density at radius 2 is 1.67 bits per heavy atom. The zero-order chi connectivity index (χ0) is 25.2. The number of fused-ring (bicyclic) bond motifs is 2. The molecule has 1 aromatic heterocycles. The minimum Gasteiger partial charge on any atom is -0.494 e. The summed E-state index contributed by atoms with van der Waals surface area (Å²) in [4.78, 5) is 29.1. The summed E-state index contributed by atoms with van der Waals surface area (Å²) in [6.45, 7) is 6.92. The lowest BCUT2D eigenvalue weighted by Gasteiger charge is -2.26. The maximum atomic E-state index is 13.7. The molecule has 0 bridgehead atoms. The first-order valence-electron chi connectivity index (χ1n) is 12.7. The molecule has 1 atom stereocenters. The number of rotatable bonds is 8. The van der Waals surface area contributed by atoms with Crippen LogP contribution in [-0.4, -0.2) is 12.5 Å². The summed E-state index contributed by atoms with van der Waals surface area (Å²) in [5, 5.41) is 0.475. The van der Waals surface area contributed by atoms with Gasteiger partial charge in [0.1, 0.15) is 11.3 Å². The lowest BCUT2D eigenvalue weighted by Crippen LogP contribution is -2.29. The number of nitrogens with zero attached hydrogens (tertiary/aromatic N) is 1. The molecule has 5 rings (SSSR count). The predicted octanol–water partition coefficient (Wildman–Crippen LogP) is 7.12. The fourth-order valence-electron chi connectivity index (χ4n) is 4.84. The molecular formula is C31H31NO4. The number of hydrogen-bond acceptors (Lipinski definition) is 4. The molecule has 4 aromatic rings. The highest BCUT2D eigenvalue weighted by molar-refractivity contribution is 6.10. The zero-order valence-electron chi connectivity index (χ0n) is 21.0. The van der Waals surface area contributed by atoms with E-state index in [2.05, 4.69) is 6.92 Å². The standard InChI is InChI=1S/C31H31NO4/c1-4-5-6-9-18-35-24-16-13-22(14-17-24)28-27-29(33)25-10-7-8-11-26(25)36-30(27)31(34)32(28)23-15-12-20(2)21(3)19-23/h7-8,10-17,19,28H,4-6,9,18H2,1-3H3. The molecular weight excluding hydrogens is 450 g/mol. The summed E-state index contributed by atoms with van der Waals surface area (Å²) < 4.78 is 12.0. The molecule has 5 nitrogen and oxygen atoms in total. The van der Waals surface area contributed by atoms with E-state index in [0.29, 0.717) is 23.1 Å². The third-order valence-electron chi connectivity index (χ3n) is 7.01. The van der Waals surface area contributed by atoms with E-state index in [1.165, 1.54) is 12.8 Å². The van der Waals surface area contributed by atoms with Crippen LogP contribution in [0.25, 0.3) is 11.0 Å². The van der Waals surface area contributed by atoms with Gasteiger partial charge in [0.25, 0.3) is 5.91 Å². The quantitative estimate of drug-likeness (QED) is 0.251. The number of amides is 1. The van der Waals surface area contributed by atoms with E-state index in [0.717, 1.165) is 41.0 Å². The number of para-hydroxylation sites is 1. The van der Waals surface area contributed by atoms with Crippen LogP contribution in [0.4, 0.5) is 5.69 Å². The van der Waals surface area contributed by atoms with E-state index >= 15 is 0 Å². The Balaban J connectivity index is 1.57. The van der Waals surface area contributed by atoms with Crippen molar-refractivity contribution in [2.45, 2.75) is 52.5 Å². The highest BCUT2D eigenvalue weighted by Gasteiger charge is 2.43. The van der Waals surface area contributed by atoms with Crippen LogP contribution in [0, 0.1) is 13.8 Å². The van der Waals surface area contributed by atoms with Crippen molar-refractivity contribution in [1.29, 1.82) is 0 Å². The summed E-state index contributed by atoms with van der Waals surface area (Å²) in [6.07, 6.45) is 4.58. The van der Waals surface area contributed by atoms with Crippen molar-refractivity contribution < 1.29 is 13.9 Å². The molecule has 2 heterocycles. The van der Waals surface area contributed by atoms with Gasteiger partial charge >= 0.3 is 0 Å². The number of unbranched alkanes of at least 4 members (excludes halogenated alkanes) is 3. The van der Waals surface area contributed by atoms with Gasteiger partial charge in [-0.15, -0.1) is 0 Å². The molecule has 36 heavy (non-hydrogen) atoms. The van der Waals surface area contributed by atoms with Crippen molar-refractivity contribution in [3.63, 3.8) is 0 Å². The second kappa shape index (κ2) is 10.0. The summed E-state index contributed by atoms with van der Waals surface area (Å²) in [5.74, 6) is 0.582. The lowest BCUT2D eigenvalue weighted by molar-refractivity contribution is 0.0971. The van der Waals surface area contributed by atoms with Crippen LogP contribution in [-0.2, 0) is 0 Å². The monoisotopic (exact) mass is 481 g/mol. The van der Waals surface area contributed by atoms with E-state index in [-0.39, 0.29) is 17.1 Å². The van der Waals surface area contributed by atoms with Crippen molar-refractivity contribution in [1.82, 2.24) is 0 Å². The van der Waals surface area contributed by atoms with Gasteiger partial charge in [-0.25, -0.2) is 0 Å². The SMILES string of the molecule is CCCCCCOc1ccc(C2c3c(oc4ccccc4c3=O)C(=O)N2c2ccc(C)c(C)c2)cc1. The van der Waals surface area contributed by atoms with Crippen molar-refractivity contribution in [3.05, 3.63) is 105 Å². The second-order valence-electron chi connectivity index (χ2n) is 9.49. The summed E-state index contributed by atoms with van der Waals surface area (Å²) in [5.41, 5.74) is 4.41. The molecule has 3 aromatic carbocycles. The molecule has 184 valence electrons. The van der Waals surface area contributed by atoms with Gasteiger partial charge in [-0.05, 0) is 73.4 Å². The van der Waals surface area contributed by atoms with E-state index in [1.54, 1.807) is 23.1 Å². The number of anilines is 1. The Kier molecular flexibility index (Phi) is 6.64. The van der Waals surface area contributed by atoms with E-state index in [1.807, 2.05) is 62.4 Å². The van der Waals surface area contributed by atoms with Gasteiger partial charge in [-0.3, -0.25) is 14.5 Å². The first-order chi connectivity index (χ1) is 17.5. The average Bonchev–Trinajstić information content (AvgIpc) is 3.18. The first kappa shape index (κ1) is 23.9. The van der Waals surface area contributed by atoms with Crippen LogP contribution in [0.2, 0.25) is 0 Å². The molecule has 1 aliphatic heterocycles. The highest BCUT2D eigenvalue weighted by Crippen LogP contribution is 2.42. The second-order valence-corrected chi connectivity index (χ2v) is 9.49. The number of hydrogen-bond donors (Lipinski definition) is 0. The third kappa shape index (κ3) is 4.30. The van der Waals surface area contributed by atoms with Crippen LogP contribution in [0.3, 0.4) is 0 Å². The van der Waals surface area contributed by atoms with Crippen LogP contribution in [0.5, 0.6) is 5.75 Å². The first-order valence-corrected chi connectivity index (χ1v) is 12.7. The molecule has 0 spiro atoms. The number of ether oxygens (including phenoxy) is 1. The van der Waals surface area contributed by atoms with Crippen LogP contribution in [0.1, 0.15) is 71.5 Å². The van der Waals surface area contributed by atoms with Crippen LogP contribution < -0.4 is 15.1 Å². The largest absolute Gasteiger partial charge is 0.494 e. The molecule has 0 fully saturated rings. The molecule has 0 aliphatic carbocycles. The summed E-state index contributed by atoms with van der Waals surface area (Å²) in [7, 11) is 0. The normalized spacial score (nSPS) is 14.9. The van der Waals surface area contributed by atoms with Gasteiger partial charge in [0, 0.05) is 5.69 Å². The van der Waals surface area contributed by atoms with Gasteiger partial charge in [0.15, 0.2) is 5.43 Å². The van der Waals surface area contributed by atoms with E-state index in [9.17, 15) is 9.59 Å². The summed E-state index contributed by atoms with van der Waals surface area (Å²) >= 11 is 0. The molecule has 0 N–H and O–H groups in total. The molecule has 1 amide bonds. The van der Waals surface area contributed by atoms with Crippen LogP contribution in [0.15, 0.2) is 75.9 Å². The van der Waals surface area contributed by atoms with Crippen molar-refractivity contribution >= 4 is 22.6 Å².